The number of fused-ring (bicyclic) bond motifs is 8. The lowest BCUT2D eigenvalue weighted by Gasteiger charge is -2.21. The van der Waals surface area contributed by atoms with Gasteiger partial charge in [-0.05, 0) is 63.2 Å². The molecule has 0 saturated carbocycles. The average molecular weight is 768 g/mol. The number of phenols is 1. The van der Waals surface area contributed by atoms with E-state index in [9.17, 15) is 24.8 Å². The zero-order valence-corrected chi connectivity index (χ0v) is 31.3. The van der Waals surface area contributed by atoms with Crippen LogP contribution in [-0.4, -0.2) is 22.0 Å². The number of nitro benzene ring substituents is 1. The van der Waals surface area contributed by atoms with Gasteiger partial charge >= 0.3 is 11.9 Å². The quantitative estimate of drug-likeness (QED) is 0.0701. The Morgan fingerprint density at radius 2 is 0.879 bits per heavy atom. The first kappa shape index (κ1) is 37.4. The third-order valence-electron chi connectivity index (χ3n) is 10.2. The molecule has 0 atom stereocenters. The molecule has 0 radical (unpaired) electrons. The molecule has 7 aromatic carbocycles. The fourth-order valence-corrected chi connectivity index (χ4v) is 7.32. The molecule has 9 nitrogen and oxygen atoms in total. The maximum absolute atomic E-state index is 13.8. The van der Waals surface area contributed by atoms with Gasteiger partial charge in [0.05, 0.1) is 16.1 Å². The summed E-state index contributed by atoms with van der Waals surface area (Å²) in [6.07, 6.45) is 0.564. The predicted molar refractivity (Wildman–Crippen MR) is 219 cm³/mol. The molecule has 0 spiro atoms. The number of benzene rings is 7. The molecule has 0 fully saturated rings. The molecule has 0 saturated heterocycles. The van der Waals surface area contributed by atoms with Gasteiger partial charge in [0.15, 0.2) is 0 Å². The Bertz CT molecular complexity index is 2640. The average Bonchev–Trinajstić information content (AvgIpc) is 3.24. The Balaban J connectivity index is 1.33. The number of carbonyl (C=O) groups excluding carboxylic acids is 2. The second kappa shape index (κ2) is 16.7. The number of carbonyl (C=O) groups is 2. The van der Waals surface area contributed by atoms with Crippen molar-refractivity contribution < 1.29 is 33.8 Å². The number of hydrogen-bond donors (Lipinski definition) is 1. The lowest BCUT2D eigenvalue weighted by molar-refractivity contribution is -0.385. The number of esters is 2. The summed E-state index contributed by atoms with van der Waals surface area (Å²) in [5.41, 5.74) is 5.95. The van der Waals surface area contributed by atoms with Crippen LogP contribution in [0, 0.1) is 10.1 Å². The Morgan fingerprint density at radius 3 is 1.36 bits per heavy atom. The monoisotopic (exact) mass is 767 g/mol. The number of ether oxygens (including phenoxy) is 3. The largest absolute Gasteiger partial charge is 0.507 e. The number of nitro groups is 1. The summed E-state index contributed by atoms with van der Waals surface area (Å²) in [6, 6.07) is 46.5. The zero-order chi connectivity index (χ0) is 40.0. The van der Waals surface area contributed by atoms with Crippen LogP contribution in [0.25, 0.3) is 0 Å². The number of non-ortho nitro benzene ring substituents is 1. The lowest BCUT2D eigenvalue weighted by atomic mass is 9.91. The van der Waals surface area contributed by atoms with E-state index in [0.717, 1.165) is 16.7 Å². The first-order valence-electron chi connectivity index (χ1n) is 18.8. The van der Waals surface area contributed by atoms with Crippen molar-refractivity contribution in [1.29, 1.82) is 0 Å². The van der Waals surface area contributed by atoms with Crippen LogP contribution in [0.1, 0.15) is 70.8 Å². The van der Waals surface area contributed by atoms with Crippen molar-refractivity contribution in [2.75, 3.05) is 0 Å². The summed E-state index contributed by atoms with van der Waals surface area (Å²) in [5, 5.41) is 24.3. The van der Waals surface area contributed by atoms with Crippen LogP contribution in [0.2, 0.25) is 0 Å². The van der Waals surface area contributed by atoms with Gasteiger partial charge in [-0.3, -0.25) is 10.1 Å². The van der Waals surface area contributed by atoms with Crippen LogP contribution in [-0.2, 0) is 32.3 Å². The van der Waals surface area contributed by atoms with Gasteiger partial charge in [0.2, 0.25) is 0 Å². The summed E-state index contributed by atoms with van der Waals surface area (Å²) < 4.78 is 19.1. The van der Waals surface area contributed by atoms with Gasteiger partial charge in [0.1, 0.15) is 29.6 Å². The van der Waals surface area contributed by atoms with Crippen molar-refractivity contribution in [2.24, 2.45) is 0 Å². The Kier molecular flexibility index (Phi) is 10.8. The Labute approximate surface area is 334 Å². The molecule has 0 aromatic heterocycles. The molecule has 1 aliphatic carbocycles. The molecule has 0 amide bonds. The van der Waals surface area contributed by atoms with Crippen molar-refractivity contribution in [3.63, 3.8) is 0 Å². The van der Waals surface area contributed by atoms with E-state index in [0.29, 0.717) is 57.7 Å². The molecule has 7 aromatic rings. The Morgan fingerprint density at radius 1 is 0.500 bits per heavy atom. The predicted octanol–water partition coefficient (Wildman–Crippen LogP) is 9.99. The highest BCUT2D eigenvalue weighted by Gasteiger charge is 2.26. The molecular weight excluding hydrogens is 731 g/mol. The van der Waals surface area contributed by atoms with Crippen LogP contribution in [0.15, 0.2) is 158 Å². The summed E-state index contributed by atoms with van der Waals surface area (Å²) in [7, 11) is 0. The molecule has 8 rings (SSSR count). The maximum Gasteiger partial charge on any atom is 0.343 e. The van der Waals surface area contributed by atoms with E-state index in [2.05, 4.69) is 0 Å². The topological polar surface area (TPSA) is 125 Å². The minimum atomic E-state index is -0.657. The van der Waals surface area contributed by atoms with Crippen molar-refractivity contribution in [3.8, 4) is 23.0 Å². The molecule has 8 bridgehead atoms. The number of rotatable bonds is 8. The SMILES string of the molecule is O=C(Oc1c2cc([N+](=O)[O-])cc1Cc1cccc(c1OC(=O)c1ccccc1)Cc1cccc(c1OCc1ccccc1)Cc1cccc(c1O)C2)c1ccccc1. The number of para-hydroxylation sites is 3. The lowest BCUT2D eigenvalue weighted by Crippen LogP contribution is -2.14. The fourth-order valence-electron chi connectivity index (χ4n) is 7.32. The van der Waals surface area contributed by atoms with Gasteiger partial charge in [-0.25, -0.2) is 9.59 Å². The van der Waals surface area contributed by atoms with Gasteiger partial charge in [-0.1, -0.05) is 121 Å². The highest BCUT2D eigenvalue weighted by molar-refractivity contribution is 5.92. The van der Waals surface area contributed by atoms with Crippen molar-refractivity contribution >= 4 is 17.6 Å². The van der Waals surface area contributed by atoms with E-state index >= 15 is 0 Å². The number of aromatic hydroxyl groups is 1. The van der Waals surface area contributed by atoms with E-state index in [-0.39, 0.29) is 47.8 Å². The number of phenolic OH excluding ortho intramolecular Hbond substituents is 1. The molecule has 0 unspecified atom stereocenters. The fraction of sp³-hybridized carbons (Fsp3) is 0.102. The second-order valence-electron chi connectivity index (χ2n) is 14.1. The van der Waals surface area contributed by atoms with E-state index in [1.54, 1.807) is 66.7 Å². The van der Waals surface area contributed by atoms with Crippen LogP contribution in [0.3, 0.4) is 0 Å². The third-order valence-corrected chi connectivity index (χ3v) is 10.2. The maximum atomic E-state index is 13.8. The molecule has 9 heteroatoms. The zero-order valence-electron chi connectivity index (χ0n) is 31.3. The molecule has 0 heterocycles. The standard InChI is InChI=1S/C49H37NO8/c51-44-35-19-10-20-36(44)26-41-29-43(50(54)55)30-42(47(41)58-49(53)34-17-8-3-9-18-34)28-40-24-12-23-39(46(40)57-48(52)33-15-6-2-7-16-33)27-38-22-11-21-37(25-35)45(38)56-31-32-13-4-1-5-14-32/h1-24,29-30,51H,25-28,31H2. The van der Waals surface area contributed by atoms with Crippen LogP contribution >= 0.6 is 0 Å². The molecule has 1 aliphatic rings. The highest BCUT2D eigenvalue weighted by atomic mass is 16.6. The normalized spacial score (nSPS) is 11.9. The van der Waals surface area contributed by atoms with Gasteiger partial charge in [0.25, 0.3) is 5.69 Å². The van der Waals surface area contributed by atoms with Gasteiger partial charge in [0, 0.05) is 48.9 Å². The van der Waals surface area contributed by atoms with Crippen LogP contribution in [0.4, 0.5) is 5.69 Å². The highest BCUT2D eigenvalue weighted by Crippen LogP contribution is 2.40. The summed E-state index contributed by atoms with van der Waals surface area (Å²) in [5.74, 6) is -0.187. The smallest absolute Gasteiger partial charge is 0.343 e. The van der Waals surface area contributed by atoms with E-state index in [1.165, 1.54) is 12.1 Å². The van der Waals surface area contributed by atoms with Gasteiger partial charge < -0.3 is 19.3 Å². The minimum absolute atomic E-state index is 0.000942. The Hall–Kier alpha value is -7.52. The number of nitrogens with zero attached hydrogens (tertiary/aromatic N) is 1. The molecule has 0 aliphatic heterocycles. The minimum Gasteiger partial charge on any atom is -0.507 e. The van der Waals surface area contributed by atoms with Crippen LogP contribution in [0.5, 0.6) is 23.0 Å². The van der Waals surface area contributed by atoms with Crippen molar-refractivity contribution in [2.45, 2.75) is 32.3 Å². The number of hydrogen-bond acceptors (Lipinski definition) is 8. The van der Waals surface area contributed by atoms with Crippen LogP contribution < -0.4 is 14.2 Å². The first-order chi connectivity index (χ1) is 28.3. The third kappa shape index (κ3) is 8.20. The van der Waals surface area contributed by atoms with Crippen molar-refractivity contribution in [1.82, 2.24) is 0 Å². The molecule has 286 valence electrons. The molecular formula is C49H37NO8. The molecule has 58 heavy (non-hydrogen) atoms. The van der Waals surface area contributed by atoms with E-state index in [1.807, 2.05) is 78.9 Å². The van der Waals surface area contributed by atoms with Gasteiger partial charge in [-0.15, -0.1) is 0 Å². The van der Waals surface area contributed by atoms with E-state index in [4.69, 9.17) is 14.2 Å². The van der Waals surface area contributed by atoms with E-state index < -0.39 is 16.9 Å². The summed E-state index contributed by atoms with van der Waals surface area (Å²) >= 11 is 0. The van der Waals surface area contributed by atoms with Crippen molar-refractivity contribution in [3.05, 3.63) is 229 Å². The summed E-state index contributed by atoms with van der Waals surface area (Å²) in [4.78, 5) is 39.5. The molecule has 1 N–H and O–H groups in total. The van der Waals surface area contributed by atoms with Gasteiger partial charge in [-0.2, -0.15) is 0 Å². The first-order valence-corrected chi connectivity index (χ1v) is 18.8. The second-order valence-corrected chi connectivity index (χ2v) is 14.1. The summed E-state index contributed by atoms with van der Waals surface area (Å²) in [6.45, 7) is 0.296.